The number of halogens is 1. The van der Waals surface area contributed by atoms with E-state index in [0.29, 0.717) is 39.0 Å². The van der Waals surface area contributed by atoms with Gasteiger partial charge in [0.25, 0.3) is 0 Å². The molecule has 1 saturated heterocycles. The molecule has 1 heterocycles. The van der Waals surface area contributed by atoms with Crippen molar-refractivity contribution in [3.8, 4) is 0 Å². The molecule has 0 N–H and O–H groups in total. The molecular weight excluding hydrogens is 283 g/mol. The van der Waals surface area contributed by atoms with Gasteiger partial charge < -0.3 is 9.80 Å². The number of nitrogens with zero attached hydrogens (tertiary/aromatic N) is 2. The zero-order valence-corrected chi connectivity index (χ0v) is 13.2. The number of hydrogen-bond acceptors (Lipinski definition) is 2. The Bertz CT molecular complexity index is 526. The number of carbonyl (C=O) groups is 2. The van der Waals surface area contributed by atoms with E-state index in [0.717, 1.165) is 5.56 Å². The smallest absolute Gasteiger partial charge is 0.227 e. The van der Waals surface area contributed by atoms with Gasteiger partial charge in [0.2, 0.25) is 11.8 Å². The third-order valence-corrected chi connectivity index (χ3v) is 4.22. The standard InChI is InChI=1S/C17H23FN2O2/c1-3-19(4-2)17(22)14-11-16(21)20(12-14)10-9-13-5-7-15(18)8-6-13/h5-8,14H,3-4,9-12H2,1-2H3/t14-/m1/s1. The summed E-state index contributed by atoms with van der Waals surface area (Å²) in [5.41, 5.74) is 0.993. The average molecular weight is 306 g/mol. The SMILES string of the molecule is CCN(CC)C(=O)[C@@H]1CC(=O)N(CCc2ccc(F)cc2)C1. The summed E-state index contributed by atoms with van der Waals surface area (Å²) in [7, 11) is 0. The molecule has 1 aliphatic rings. The predicted molar refractivity (Wildman–Crippen MR) is 82.7 cm³/mol. The van der Waals surface area contributed by atoms with Crippen molar-refractivity contribution >= 4 is 11.8 Å². The molecule has 22 heavy (non-hydrogen) atoms. The maximum atomic E-state index is 12.9. The number of rotatable bonds is 6. The van der Waals surface area contributed by atoms with Crippen LogP contribution in [0.3, 0.4) is 0 Å². The molecule has 0 aliphatic carbocycles. The fraction of sp³-hybridized carbons (Fsp3) is 0.529. The molecule has 0 aromatic heterocycles. The second-order valence-corrected chi connectivity index (χ2v) is 5.63. The molecule has 0 unspecified atom stereocenters. The van der Waals surface area contributed by atoms with Crippen LogP contribution >= 0.6 is 0 Å². The van der Waals surface area contributed by atoms with E-state index in [1.165, 1.54) is 12.1 Å². The minimum absolute atomic E-state index is 0.0348. The maximum absolute atomic E-state index is 12.9. The Hall–Kier alpha value is -1.91. The lowest BCUT2D eigenvalue weighted by atomic mass is 10.1. The van der Waals surface area contributed by atoms with Crippen LogP contribution in [0.2, 0.25) is 0 Å². The lowest BCUT2D eigenvalue weighted by Gasteiger charge is -2.22. The fourth-order valence-electron chi connectivity index (χ4n) is 2.86. The van der Waals surface area contributed by atoms with Gasteiger partial charge >= 0.3 is 0 Å². The highest BCUT2D eigenvalue weighted by Gasteiger charge is 2.35. The Morgan fingerprint density at radius 2 is 1.91 bits per heavy atom. The Morgan fingerprint density at radius 3 is 2.50 bits per heavy atom. The van der Waals surface area contributed by atoms with Crippen molar-refractivity contribution in [2.45, 2.75) is 26.7 Å². The van der Waals surface area contributed by atoms with Gasteiger partial charge in [-0.2, -0.15) is 0 Å². The summed E-state index contributed by atoms with van der Waals surface area (Å²) in [5.74, 6) is -0.373. The Balaban J connectivity index is 1.89. The summed E-state index contributed by atoms with van der Waals surface area (Å²) in [5, 5.41) is 0. The average Bonchev–Trinajstić information content (AvgIpc) is 2.89. The first-order valence-electron chi connectivity index (χ1n) is 7.86. The van der Waals surface area contributed by atoms with E-state index in [4.69, 9.17) is 0 Å². The van der Waals surface area contributed by atoms with Crippen molar-refractivity contribution in [1.82, 2.24) is 9.80 Å². The van der Waals surface area contributed by atoms with Crippen molar-refractivity contribution in [3.05, 3.63) is 35.6 Å². The van der Waals surface area contributed by atoms with Gasteiger partial charge in [-0.25, -0.2) is 4.39 Å². The molecule has 1 aromatic rings. The van der Waals surface area contributed by atoms with Crippen LogP contribution in [0.5, 0.6) is 0 Å². The highest BCUT2D eigenvalue weighted by Crippen LogP contribution is 2.20. The number of amides is 2. The molecule has 1 atom stereocenters. The minimum Gasteiger partial charge on any atom is -0.343 e. The Morgan fingerprint density at radius 1 is 1.27 bits per heavy atom. The fourth-order valence-corrected chi connectivity index (χ4v) is 2.86. The molecule has 5 heteroatoms. The van der Waals surface area contributed by atoms with E-state index >= 15 is 0 Å². The van der Waals surface area contributed by atoms with Crippen LogP contribution in [-0.2, 0) is 16.0 Å². The molecule has 1 fully saturated rings. The van der Waals surface area contributed by atoms with Gasteiger partial charge in [0.05, 0.1) is 5.92 Å². The van der Waals surface area contributed by atoms with E-state index in [9.17, 15) is 14.0 Å². The highest BCUT2D eigenvalue weighted by atomic mass is 19.1. The van der Waals surface area contributed by atoms with E-state index in [1.807, 2.05) is 13.8 Å². The van der Waals surface area contributed by atoms with Gasteiger partial charge in [-0.05, 0) is 38.0 Å². The van der Waals surface area contributed by atoms with Crippen molar-refractivity contribution in [2.75, 3.05) is 26.2 Å². The maximum Gasteiger partial charge on any atom is 0.227 e. The molecule has 120 valence electrons. The zero-order valence-electron chi connectivity index (χ0n) is 13.2. The Labute approximate surface area is 130 Å². The van der Waals surface area contributed by atoms with Crippen molar-refractivity contribution in [3.63, 3.8) is 0 Å². The van der Waals surface area contributed by atoms with Gasteiger partial charge in [-0.3, -0.25) is 9.59 Å². The zero-order chi connectivity index (χ0) is 16.1. The van der Waals surface area contributed by atoms with E-state index in [1.54, 1.807) is 21.9 Å². The lowest BCUT2D eigenvalue weighted by Crippen LogP contribution is -2.37. The molecule has 0 spiro atoms. The molecule has 1 aliphatic heterocycles. The molecular formula is C17H23FN2O2. The number of hydrogen-bond donors (Lipinski definition) is 0. The summed E-state index contributed by atoms with van der Waals surface area (Å²) in [6.45, 7) is 6.32. The monoisotopic (exact) mass is 306 g/mol. The van der Waals surface area contributed by atoms with Gasteiger partial charge in [-0.15, -0.1) is 0 Å². The molecule has 0 radical (unpaired) electrons. The van der Waals surface area contributed by atoms with Gasteiger partial charge in [-0.1, -0.05) is 12.1 Å². The van der Waals surface area contributed by atoms with Crippen molar-refractivity contribution < 1.29 is 14.0 Å². The summed E-state index contributed by atoms with van der Waals surface area (Å²) < 4.78 is 12.9. The van der Waals surface area contributed by atoms with Crippen LogP contribution in [0.4, 0.5) is 4.39 Å². The third kappa shape index (κ3) is 3.84. The van der Waals surface area contributed by atoms with Crippen molar-refractivity contribution in [2.24, 2.45) is 5.92 Å². The van der Waals surface area contributed by atoms with Crippen LogP contribution < -0.4 is 0 Å². The molecule has 0 saturated carbocycles. The summed E-state index contributed by atoms with van der Waals surface area (Å²) >= 11 is 0. The van der Waals surface area contributed by atoms with Crippen molar-refractivity contribution in [1.29, 1.82) is 0 Å². The van der Waals surface area contributed by atoms with Crippen LogP contribution in [0.25, 0.3) is 0 Å². The molecule has 0 bridgehead atoms. The number of carbonyl (C=O) groups excluding carboxylic acids is 2. The van der Waals surface area contributed by atoms with Gasteiger partial charge in [0.1, 0.15) is 5.82 Å². The second-order valence-electron chi connectivity index (χ2n) is 5.63. The van der Waals surface area contributed by atoms with Crippen LogP contribution in [-0.4, -0.2) is 47.8 Å². The predicted octanol–water partition coefficient (Wildman–Crippen LogP) is 2.09. The number of benzene rings is 1. The second kappa shape index (κ2) is 7.38. The van der Waals surface area contributed by atoms with Crippen LogP contribution in [0.15, 0.2) is 24.3 Å². The largest absolute Gasteiger partial charge is 0.343 e. The first-order chi connectivity index (χ1) is 10.5. The normalized spacial score (nSPS) is 17.9. The molecule has 4 nitrogen and oxygen atoms in total. The number of likely N-dealkylation sites (tertiary alicyclic amines) is 1. The van der Waals surface area contributed by atoms with Crippen LogP contribution in [0.1, 0.15) is 25.8 Å². The van der Waals surface area contributed by atoms with Gasteiger partial charge in [0.15, 0.2) is 0 Å². The Kier molecular flexibility index (Phi) is 5.52. The first-order valence-corrected chi connectivity index (χ1v) is 7.86. The molecule has 2 amide bonds. The van der Waals surface area contributed by atoms with E-state index in [-0.39, 0.29) is 23.5 Å². The molecule has 2 rings (SSSR count). The molecule has 1 aromatic carbocycles. The van der Waals surface area contributed by atoms with E-state index in [2.05, 4.69) is 0 Å². The minimum atomic E-state index is -0.258. The first kappa shape index (κ1) is 16.5. The quantitative estimate of drug-likeness (QED) is 0.807. The van der Waals surface area contributed by atoms with Gasteiger partial charge in [0, 0.05) is 32.6 Å². The highest BCUT2D eigenvalue weighted by molar-refractivity contribution is 5.89. The van der Waals surface area contributed by atoms with E-state index < -0.39 is 0 Å². The van der Waals surface area contributed by atoms with Crippen LogP contribution in [0, 0.1) is 11.7 Å². The third-order valence-electron chi connectivity index (χ3n) is 4.22. The summed E-state index contributed by atoms with van der Waals surface area (Å²) in [6, 6.07) is 6.31. The summed E-state index contributed by atoms with van der Waals surface area (Å²) in [4.78, 5) is 27.9. The lowest BCUT2D eigenvalue weighted by molar-refractivity contribution is -0.135. The topological polar surface area (TPSA) is 40.6 Å². The summed E-state index contributed by atoms with van der Waals surface area (Å²) in [6.07, 6.45) is 0.983.